The molecule has 0 aliphatic heterocycles. The highest BCUT2D eigenvalue weighted by Gasteiger charge is 2.21. The Kier molecular flexibility index (Phi) is 5.51. The average molecular weight is 274 g/mol. The highest BCUT2D eigenvalue weighted by molar-refractivity contribution is 5.42. The molecule has 1 aliphatic rings. The first-order valence-corrected chi connectivity index (χ1v) is 8.30. The fourth-order valence-corrected chi connectivity index (χ4v) is 3.69. The summed E-state index contributed by atoms with van der Waals surface area (Å²) in [5, 5.41) is 0. The van der Waals surface area contributed by atoms with Crippen LogP contribution in [-0.4, -0.2) is 6.61 Å². The Hall–Kier alpha value is -0.980. The smallest absolute Gasteiger partial charge is 0.125 e. The second kappa shape index (κ2) is 7.15. The molecule has 1 aliphatic carbocycles. The Morgan fingerprint density at radius 2 is 1.50 bits per heavy atom. The molecule has 1 heteroatoms. The minimum atomic E-state index is 0.767. The summed E-state index contributed by atoms with van der Waals surface area (Å²) in [7, 11) is 0. The van der Waals surface area contributed by atoms with Gasteiger partial charge in [-0.3, -0.25) is 0 Å². The van der Waals surface area contributed by atoms with Crippen LogP contribution in [0.5, 0.6) is 5.75 Å². The van der Waals surface area contributed by atoms with E-state index < -0.39 is 0 Å². The van der Waals surface area contributed by atoms with Crippen LogP contribution >= 0.6 is 0 Å². The molecule has 0 spiro atoms. The Morgan fingerprint density at radius 1 is 0.950 bits per heavy atom. The van der Waals surface area contributed by atoms with Crippen LogP contribution in [-0.2, 0) is 0 Å². The quantitative estimate of drug-likeness (QED) is 0.679. The number of hydrogen-bond donors (Lipinski definition) is 0. The summed E-state index contributed by atoms with van der Waals surface area (Å²) < 4.78 is 6.16. The summed E-state index contributed by atoms with van der Waals surface area (Å²) in [5.41, 5.74) is 3.89. The molecule has 1 saturated carbocycles. The van der Waals surface area contributed by atoms with Gasteiger partial charge in [-0.15, -0.1) is 0 Å². The van der Waals surface area contributed by atoms with Crippen molar-refractivity contribution in [2.75, 3.05) is 6.61 Å². The van der Waals surface area contributed by atoms with Gasteiger partial charge in [0.1, 0.15) is 5.75 Å². The number of benzene rings is 1. The third kappa shape index (κ3) is 4.01. The summed E-state index contributed by atoms with van der Waals surface area (Å²) in [5.74, 6) is 2.87. The van der Waals surface area contributed by atoms with Gasteiger partial charge in [0.15, 0.2) is 0 Å². The second-order valence-corrected chi connectivity index (χ2v) is 6.71. The van der Waals surface area contributed by atoms with Crippen LogP contribution in [0, 0.1) is 32.6 Å². The molecular weight excluding hydrogens is 244 g/mol. The normalized spacial score (nSPS) is 22.8. The molecule has 0 unspecified atom stereocenters. The molecule has 0 atom stereocenters. The maximum atomic E-state index is 6.16. The van der Waals surface area contributed by atoms with E-state index in [0.717, 1.165) is 24.2 Å². The minimum Gasteiger partial charge on any atom is -0.493 e. The SMILES string of the molecule is CCCC1CCC(COc2c(C)cc(C)cc2C)CC1. The lowest BCUT2D eigenvalue weighted by Gasteiger charge is -2.28. The first-order chi connectivity index (χ1) is 9.60. The van der Waals surface area contributed by atoms with E-state index in [1.165, 1.54) is 55.2 Å². The van der Waals surface area contributed by atoms with Gasteiger partial charge in [0.25, 0.3) is 0 Å². The molecule has 1 nitrogen and oxygen atoms in total. The maximum absolute atomic E-state index is 6.16. The monoisotopic (exact) mass is 274 g/mol. The van der Waals surface area contributed by atoms with Crippen molar-refractivity contribution in [2.24, 2.45) is 11.8 Å². The predicted octanol–water partition coefficient (Wildman–Crippen LogP) is 5.60. The van der Waals surface area contributed by atoms with E-state index in [1.54, 1.807) is 0 Å². The Balaban J connectivity index is 1.85. The molecule has 20 heavy (non-hydrogen) atoms. The standard InChI is InChI=1S/C19H30O/c1-5-6-17-7-9-18(10-8-17)13-20-19-15(3)11-14(2)12-16(19)4/h11-12,17-18H,5-10,13H2,1-4H3. The molecule has 2 rings (SSSR count). The summed E-state index contributed by atoms with van der Waals surface area (Å²) in [6.45, 7) is 9.68. The van der Waals surface area contributed by atoms with Crippen molar-refractivity contribution >= 4 is 0 Å². The third-order valence-corrected chi connectivity index (χ3v) is 4.73. The molecule has 0 N–H and O–H groups in total. The van der Waals surface area contributed by atoms with Gasteiger partial charge in [0.2, 0.25) is 0 Å². The van der Waals surface area contributed by atoms with E-state index in [0.29, 0.717) is 0 Å². The van der Waals surface area contributed by atoms with Gasteiger partial charge in [-0.2, -0.15) is 0 Å². The van der Waals surface area contributed by atoms with Crippen LogP contribution < -0.4 is 4.74 Å². The van der Waals surface area contributed by atoms with E-state index >= 15 is 0 Å². The molecule has 112 valence electrons. The van der Waals surface area contributed by atoms with E-state index in [9.17, 15) is 0 Å². The molecule has 0 amide bonds. The maximum Gasteiger partial charge on any atom is 0.125 e. The van der Waals surface area contributed by atoms with Gasteiger partial charge in [-0.25, -0.2) is 0 Å². The van der Waals surface area contributed by atoms with Crippen molar-refractivity contribution in [3.63, 3.8) is 0 Å². The lowest BCUT2D eigenvalue weighted by Crippen LogP contribution is -2.20. The molecule has 1 fully saturated rings. The van der Waals surface area contributed by atoms with Crippen molar-refractivity contribution in [3.8, 4) is 5.75 Å². The van der Waals surface area contributed by atoms with Gasteiger partial charge < -0.3 is 4.74 Å². The number of rotatable bonds is 5. The lowest BCUT2D eigenvalue weighted by molar-refractivity contribution is 0.177. The zero-order valence-corrected chi connectivity index (χ0v) is 13.7. The molecule has 0 bridgehead atoms. The number of aryl methyl sites for hydroxylation is 3. The van der Waals surface area contributed by atoms with Crippen molar-refractivity contribution < 1.29 is 4.74 Å². The van der Waals surface area contributed by atoms with E-state index in [1.807, 2.05) is 0 Å². The van der Waals surface area contributed by atoms with Crippen LogP contribution in [0.15, 0.2) is 12.1 Å². The molecule has 0 radical (unpaired) electrons. The van der Waals surface area contributed by atoms with Gasteiger partial charge in [-0.1, -0.05) is 50.3 Å². The van der Waals surface area contributed by atoms with Crippen LogP contribution in [0.25, 0.3) is 0 Å². The Labute approximate surface area is 124 Å². The second-order valence-electron chi connectivity index (χ2n) is 6.71. The van der Waals surface area contributed by atoms with Crippen molar-refractivity contribution in [1.82, 2.24) is 0 Å². The average Bonchev–Trinajstić information content (AvgIpc) is 2.39. The summed E-state index contributed by atoms with van der Waals surface area (Å²) in [6, 6.07) is 4.45. The third-order valence-electron chi connectivity index (χ3n) is 4.73. The highest BCUT2D eigenvalue weighted by atomic mass is 16.5. The number of ether oxygens (including phenoxy) is 1. The van der Waals surface area contributed by atoms with Gasteiger partial charge >= 0.3 is 0 Å². The van der Waals surface area contributed by atoms with Crippen molar-refractivity contribution in [3.05, 3.63) is 28.8 Å². The van der Waals surface area contributed by atoms with Crippen molar-refractivity contribution in [1.29, 1.82) is 0 Å². The molecule has 1 aromatic carbocycles. The zero-order valence-electron chi connectivity index (χ0n) is 13.7. The van der Waals surface area contributed by atoms with Crippen LogP contribution in [0.2, 0.25) is 0 Å². The molecular formula is C19H30O. The van der Waals surface area contributed by atoms with Crippen LogP contribution in [0.4, 0.5) is 0 Å². The largest absolute Gasteiger partial charge is 0.493 e. The van der Waals surface area contributed by atoms with E-state index in [2.05, 4.69) is 39.8 Å². The summed E-state index contributed by atoms with van der Waals surface area (Å²) in [4.78, 5) is 0. The molecule has 0 saturated heterocycles. The molecule has 0 heterocycles. The summed E-state index contributed by atoms with van der Waals surface area (Å²) in [6.07, 6.45) is 8.29. The first kappa shape index (κ1) is 15.4. The van der Waals surface area contributed by atoms with Crippen LogP contribution in [0.1, 0.15) is 62.1 Å². The summed E-state index contributed by atoms with van der Waals surface area (Å²) >= 11 is 0. The predicted molar refractivity (Wildman–Crippen MR) is 86.5 cm³/mol. The Bertz CT molecular complexity index is 404. The minimum absolute atomic E-state index is 0.767. The van der Waals surface area contributed by atoms with Gasteiger partial charge in [0, 0.05) is 0 Å². The Morgan fingerprint density at radius 3 is 2.05 bits per heavy atom. The fourth-order valence-electron chi connectivity index (χ4n) is 3.69. The van der Waals surface area contributed by atoms with Gasteiger partial charge in [-0.05, 0) is 56.6 Å². The molecule has 0 aromatic heterocycles. The van der Waals surface area contributed by atoms with Gasteiger partial charge in [0.05, 0.1) is 6.61 Å². The zero-order chi connectivity index (χ0) is 14.5. The van der Waals surface area contributed by atoms with E-state index in [4.69, 9.17) is 4.74 Å². The topological polar surface area (TPSA) is 9.23 Å². The van der Waals surface area contributed by atoms with E-state index in [-0.39, 0.29) is 0 Å². The number of hydrogen-bond acceptors (Lipinski definition) is 1. The molecule has 1 aromatic rings. The highest BCUT2D eigenvalue weighted by Crippen LogP contribution is 2.33. The van der Waals surface area contributed by atoms with Crippen molar-refractivity contribution in [2.45, 2.75) is 66.2 Å². The fraction of sp³-hybridized carbons (Fsp3) is 0.684. The van der Waals surface area contributed by atoms with Crippen LogP contribution in [0.3, 0.4) is 0 Å². The first-order valence-electron chi connectivity index (χ1n) is 8.30. The lowest BCUT2D eigenvalue weighted by atomic mass is 9.80.